The van der Waals surface area contributed by atoms with Gasteiger partial charge >= 0.3 is 0 Å². The molecule has 9 heavy (non-hydrogen) atoms. The summed E-state index contributed by atoms with van der Waals surface area (Å²) >= 11 is 0. The molecular weight excluding hydrogens is 116 g/mol. The zero-order chi connectivity index (χ0) is 6.69. The Bertz CT molecular complexity index is 249. The molecule has 0 atom stereocenters. The van der Waals surface area contributed by atoms with Crippen LogP contribution in [0.2, 0.25) is 0 Å². The summed E-state index contributed by atoms with van der Waals surface area (Å²) in [6.45, 7) is 0. The molecule has 1 radical (unpaired) electrons. The van der Waals surface area contributed by atoms with Crippen molar-refractivity contribution in [1.82, 2.24) is 9.97 Å². The van der Waals surface area contributed by atoms with Crippen LogP contribution in [0.15, 0.2) is 6.20 Å². The van der Waals surface area contributed by atoms with Gasteiger partial charge in [0.1, 0.15) is 17.5 Å². The number of nitrogens with zero attached hydrogens (tertiary/aromatic N) is 3. The number of nitrogen functional groups attached to an aromatic ring is 1. The maximum Gasteiger partial charge on any atom is 0.199 e. The molecule has 0 amide bonds. The quantitative estimate of drug-likeness (QED) is 0.510. The normalized spacial score (nSPS) is 8.33. The van der Waals surface area contributed by atoms with Crippen molar-refractivity contribution < 1.29 is 0 Å². The second kappa shape index (κ2) is 2.09. The van der Waals surface area contributed by atoms with Gasteiger partial charge in [-0.15, -0.1) is 0 Å². The summed E-state index contributed by atoms with van der Waals surface area (Å²) in [4.78, 5) is 6.95. The standard InChI is InChI=1S/C5H3N4/c6-1-4-2-8-3-9-5(4)7/h2H,(H2,7,8,9). The minimum Gasteiger partial charge on any atom is -0.382 e. The molecule has 0 aromatic carbocycles. The van der Waals surface area contributed by atoms with Gasteiger partial charge in [0.2, 0.25) is 0 Å². The van der Waals surface area contributed by atoms with E-state index in [2.05, 4.69) is 16.3 Å². The summed E-state index contributed by atoms with van der Waals surface area (Å²) in [5.74, 6) is 0.174. The molecular formula is C5H3N4. The molecule has 0 aliphatic heterocycles. The lowest BCUT2D eigenvalue weighted by Crippen LogP contribution is -1.94. The van der Waals surface area contributed by atoms with Crippen molar-refractivity contribution in [2.45, 2.75) is 0 Å². The summed E-state index contributed by atoms with van der Waals surface area (Å²) in [6, 6.07) is 1.83. The molecule has 43 valence electrons. The van der Waals surface area contributed by atoms with E-state index >= 15 is 0 Å². The van der Waals surface area contributed by atoms with Gasteiger partial charge in [-0.2, -0.15) is 5.26 Å². The first-order valence-corrected chi connectivity index (χ1v) is 2.23. The number of nitrogens with two attached hydrogens (primary N) is 1. The van der Waals surface area contributed by atoms with Crippen molar-refractivity contribution >= 4 is 5.82 Å². The number of aromatic nitrogens is 2. The summed E-state index contributed by atoms with van der Waals surface area (Å²) in [7, 11) is 0. The maximum absolute atomic E-state index is 8.29. The van der Waals surface area contributed by atoms with E-state index in [1.165, 1.54) is 6.20 Å². The first-order chi connectivity index (χ1) is 4.34. The van der Waals surface area contributed by atoms with E-state index in [9.17, 15) is 0 Å². The van der Waals surface area contributed by atoms with Crippen LogP contribution in [0, 0.1) is 17.7 Å². The molecule has 2 N–H and O–H groups in total. The molecule has 1 aromatic heterocycles. The van der Waals surface area contributed by atoms with E-state index in [1.807, 2.05) is 6.07 Å². The van der Waals surface area contributed by atoms with Gasteiger partial charge in [-0.05, 0) is 0 Å². The van der Waals surface area contributed by atoms with Crippen LogP contribution in [0.4, 0.5) is 5.82 Å². The molecule has 1 rings (SSSR count). The molecule has 4 heteroatoms. The van der Waals surface area contributed by atoms with Crippen molar-refractivity contribution in [1.29, 1.82) is 5.26 Å². The fraction of sp³-hybridized carbons (Fsp3) is 0. The lowest BCUT2D eigenvalue weighted by molar-refractivity contribution is 1.14. The Morgan fingerprint density at radius 3 is 3.00 bits per heavy atom. The van der Waals surface area contributed by atoms with Crippen molar-refractivity contribution in [2.24, 2.45) is 0 Å². The molecule has 0 fully saturated rings. The van der Waals surface area contributed by atoms with Gasteiger partial charge in [0.25, 0.3) is 0 Å². The number of rotatable bonds is 0. The highest BCUT2D eigenvalue weighted by Gasteiger charge is 1.94. The molecule has 0 aliphatic rings. The molecule has 4 nitrogen and oxygen atoms in total. The van der Waals surface area contributed by atoms with Crippen LogP contribution in [-0.4, -0.2) is 9.97 Å². The molecule has 0 spiro atoms. The third-order valence-corrected chi connectivity index (χ3v) is 0.818. The molecule has 1 heterocycles. The largest absolute Gasteiger partial charge is 0.382 e. The molecule has 1 aromatic rings. The summed E-state index contributed by atoms with van der Waals surface area (Å²) in [6.07, 6.45) is 3.58. The molecule has 0 saturated heterocycles. The van der Waals surface area contributed by atoms with Crippen molar-refractivity contribution in [3.05, 3.63) is 18.1 Å². The lowest BCUT2D eigenvalue weighted by Gasteiger charge is -1.88. The Morgan fingerprint density at radius 1 is 1.78 bits per heavy atom. The van der Waals surface area contributed by atoms with Crippen LogP contribution in [0.1, 0.15) is 5.56 Å². The van der Waals surface area contributed by atoms with Gasteiger partial charge in [0, 0.05) is 0 Å². The third-order valence-electron chi connectivity index (χ3n) is 0.818. The molecule has 0 bridgehead atoms. The molecule has 0 aliphatic carbocycles. The van der Waals surface area contributed by atoms with Crippen LogP contribution < -0.4 is 5.73 Å². The average Bonchev–Trinajstić information content (AvgIpc) is 1.89. The topological polar surface area (TPSA) is 75.6 Å². The first-order valence-electron chi connectivity index (χ1n) is 2.23. The van der Waals surface area contributed by atoms with Crippen LogP contribution in [0.3, 0.4) is 0 Å². The second-order valence-corrected chi connectivity index (χ2v) is 1.38. The van der Waals surface area contributed by atoms with E-state index in [0.29, 0.717) is 0 Å². The third kappa shape index (κ3) is 0.941. The molecule has 0 saturated carbocycles. The second-order valence-electron chi connectivity index (χ2n) is 1.38. The van der Waals surface area contributed by atoms with Crippen LogP contribution >= 0.6 is 0 Å². The summed E-state index contributed by atoms with van der Waals surface area (Å²) in [5, 5.41) is 8.29. The predicted octanol–water partition coefficient (Wildman–Crippen LogP) is -0.269. The number of nitriles is 1. The highest BCUT2D eigenvalue weighted by molar-refractivity contribution is 5.45. The van der Waals surface area contributed by atoms with Crippen LogP contribution in [-0.2, 0) is 0 Å². The SMILES string of the molecule is N#Cc1cn[c]nc1N. The van der Waals surface area contributed by atoms with E-state index in [0.717, 1.165) is 0 Å². The fourth-order valence-electron chi connectivity index (χ4n) is 0.389. The van der Waals surface area contributed by atoms with Gasteiger partial charge in [0.05, 0.1) is 6.20 Å². The van der Waals surface area contributed by atoms with Crippen LogP contribution in [0.5, 0.6) is 0 Å². The van der Waals surface area contributed by atoms with Crippen molar-refractivity contribution in [3.63, 3.8) is 0 Å². The Hall–Kier alpha value is -1.63. The summed E-state index contributed by atoms with van der Waals surface area (Å²) in [5.41, 5.74) is 5.51. The number of hydrogen-bond donors (Lipinski definition) is 1. The zero-order valence-electron chi connectivity index (χ0n) is 4.50. The highest BCUT2D eigenvalue weighted by Crippen LogP contribution is 2.00. The van der Waals surface area contributed by atoms with Gasteiger partial charge in [-0.25, -0.2) is 9.97 Å². The van der Waals surface area contributed by atoms with E-state index in [1.54, 1.807) is 0 Å². The Kier molecular flexibility index (Phi) is 1.28. The zero-order valence-corrected chi connectivity index (χ0v) is 4.50. The van der Waals surface area contributed by atoms with E-state index in [4.69, 9.17) is 11.0 Å². The van der Waals surface area contributed by atoms with Crippen molar-refractivity contribution in [3.8, 4) is 6.07 Å². The maximum atomic E-state index is 8.29. The smallest absolute Gasteiger partial charge is 0.199 e. The lowest BCUT2D eigenvalue weighted by atomic mass is 10.3. The van der Waals surface area contributed by atoms with Gasteiger partial charge in [-0.1, -0.05) is 0 Å². The predicted molar refractivity (Wildman–Crippen MR) is 30.0 cm³/mol. The number of anilines is 1. The Balaban J connectivity index is 3.20. The van der Waals surface area contributed by atoms with E-state index in [-0.39, 0.29) is 11.4 Å². The van der Waals surface area contributed by atoms with Gasteiger partial charge in [-0.3, -0.25) is 0 Å². The highest BCUT2D eigenvalue weighted by atomic mass is 14.9. The fourth-order valence-corrected chi connectivity index (χ4v) is 0.389. The van der Waals surface area contributed by atoms with Gasteiger partial charge in [0.15, 0.2) is 6.33 Å². The summed E-state index contributed by atoms with van der Waals surface area (Å²) < 4.78 is 0. The minimum absolute atomic E-state index is 0.174. The number of hydrogen-bond acceptors (Lipinski definition) is 4. The van der Waals surface area contributed by atoms with E-state index < -0.39 is 0 Å². The van der Waals surface area contributed by atoms with Crippen LogP contribution in [0.25, 0.3) is 0 Å². The Morgan fingerprint density at radius 2 is 2.56 bits per heavy atom. The minimum atomic E-state index is 0.174. The monoisotopic (exact) mass is 119 g/mol. The average molecular weight is 119 g/mol. The van der Waals surface area contributed by atoms with Crippen molar-refractivity contribution in [2.75, 3.05) is 5.73 Å². The Labute approximate surface area is 52.0 Å². The van der Waals surface area contributed by atoms with Gasteiger partial charge < -0.3 is 5.73 Å². The molecule has 0 unspecified atom stereocenters. The first kappa shape index (κ1) is 5.51.